The van der Waals surface area contributed by atoms with E-state index < -0.39 is 34.4 Å². The van der Waals surface area contributed by atoms with Crippen molar-refractivity contribution in [1.82, 2.24) is 10.2 Å². The van der Waals surface area contributed by atoms with Crippen molar-refractivity contribution >= 4 is 50.7 Å². The molecule has 0 aliphatic heterocycles. The van der Waals surface area contributed by atoms with Crippen molar-refractivity contribution < 1.29 is 22.7 Å². The Labute approximate surface area is 280 Å². The van der Waals surface area contributed by atoms with E-state index in [9.17, 15) is 18.0 Å². The lowest BCUT2D eigenvalue weighted by molar-refractivity contribution is -0.140. The van der Waals surface area contributed by atoms with E-state index in [4.69, 9.17) is 27.9 Å². The minimum atomic E-state index is -4.29. The Bertz CT molecular complexity index is 1750. The monoisotopic (exact) mass is 681 g/mol. The fourth-order valence-corrected chi connectivity index (χ4v) is 6.97. The van der Waals surface area contributed by atoms with Gasteiger partial charge in [-0.2, -0.15) is 0 Å². The number of ether oxygens (including phenoxy) is 1. The van der Waals surface area contributed by atoms with Crippen LogP contribution >= 0.6 is 23.2 Å². The smallest absolute Gasteiger partial charge is 0.264 e. The Kier molecular flexibility index (Phi) is 11.7. The van der Waals surface area contributed by atoms with Crippen molar-refractivity contribution in [3.63, 3.8) is 0 Å². The van der Waals surface area contributed by atoms with Gasteiger partial charge in [0, 0.05) is 34.6 Å². The average molecular weight is 683 g/mol. The largest absolute Gasteiger partial charge is 0.495 e. The van der Waals surface area contributed by atoms with Gasteiger partial charge in [-0.25, -0.2) is 8.42 Å². The van der Waals surface area contributed by atoms with E-state index in [-0.39, 0.29) is 35.3 Å². The molecule has 4 aromatic rings. The van der Waals surface area contributed by atoms with Crippen LogP contribution in [0.3, 0.4) is 0 Å². The number of benzene rings is 4. The molecule has 1 N–H and O–H groups in total. The second-order valence-corrected chi connectivity index (χ2v) is 13.8. The summed E-state index contributed by atoms with van der Waals surface area (Å²) in [6, 6.07) is 26.0. The van der Waals surface area contributed by atoms with Crippen LogP contribution in [0.2, 0.25) is 10.0 Å². The number of methoxy groups -OCH3 is 1. The SMILES string of the molecule is COc1ccc(C)cc1N(CC(=O)N(Cc1c(Cl)cccc1Cl)[C@@H](Cc1ccccc1)C(=O)NC(C)C)S(=O)(=O)c1ccccc1. The number of anilines is 1. The molecule has 0 radical (unpaired) electrons. The van der Waals surface area contributed by atoms with E-state index >= 15 is 0 Å². The van der Waals surface area contributed by atoms with Crippen LogP contribution in [0.25, 0.3) is 0 Å². The molecule has 0 aliphatic rings. The number of carbonyl (C=O) groups excluding carboxylic acids is 2. The number of hydrogen-bond donors (Lipinski definition) is 1. The summed E-state index contributed by atoms with van der Waals surface area (Å²) in [4.78, 5) is 29.9. The second kappa shape index (κ2) is 15.5. The third-order valence-corrected chi connectivity index (χ3v) is 9.79. The zero-order chi connectivity index (χ0) is 33.4. The van der Waals surface area contributed by atoms with Crippen LogP contribution < -0.4 is 14.4 Å². The predicted octanol–water partition coefficient (Wildman–Crippen LogP) is 6.67. The summed E-state index contributed by atoms with van der Waals surface area (Å²) >= 11 is 13.1. The van der Waals surface area contributed by atoms with Crippen LogP contribution in [0.5, 0.6) is 5.75 Å². The highest BCUT2D eigenvalue weighted by atomic mass is 35.5. The van der Waals surface area contributed by atoms with E-state index in [0.29, 0.717) is 15.6 Å². The molecule has 0 aliphatic carbocycles. The van der Waals surface area contributed by atoms with Gasteiger partial charge in [0.25, 0.3) is 10.0 Å². The van der Waals surface area contributed by atoms with Gasteiger partial charge in [-0.3, -0.25) is 13.9 Å². The molecule has 4 rings (SSSR count). The molecule has 0 aromatic heterocycles. The minimum absolute atomic E-state index is 0.00885. The highest BCUT2D eigenvalue weighted by Gasteiger charge is 2.36. The van der Waals surface area contributed by atoms with Gasteiger partial charge in [0.15, 0.2) is 0 Å². The first-order valence-corrected chi connectivity index (χ1v) is 16.9. The Morgan fingerprint density at radius 2 is 1.48 bits per heavy atom. The molecule has 0 unspecified atom stereocenters. The van der Waals surface area contributed by atoms with Crippen LogP contribution in [0.1, 0.15) is 30.5 Å². The number of amides is 2. The summed E-state index contributed by atoms with van der Waals surface area (Å²) in [5.41, 5.74) is 2.18. The van der Waals surface area contributed by atoms with Crippen LogP contribution in [0, 0.1) is 6.92 Å². The molecule has 242 valence electrons. The molecular weight excluding hydrogens is 645 g/mol. The zero-order valence-corrected chi connectivity index (χ0v) is 28.4. The maximum Gasteiger partial charge on any atom is 0.264 e. The van der Waals surface area contributed by atoms with Crippen molar-refractivity contribution in [3.8, 4) is 5.75 Å². The number of sulfonamides is 1. The first kappa shape index (κ1) is 34.8. The van der Waals surface area contributed by atoms with Gasteiger partial charge >= 0.3 is 0 Å². The van der Waals surface area contributed by atoms with Crippen LogP contribution in [0.4, 0.5) is 5.69 Å². The molecule has 0 fully saturated rings. The fraction of sp³-hybridized carbons (Fsp3) is 0.257. The summed E-state index contributed by atoms with van der Waals surface area (Å²) in [6.45, 7) is 4.68. The van der Waals surface area contributed by atoms with Crippen LogP contribution in [0.15, 0.2) is 102 Å². The summed E-state index contributed by atoms with van der Waals surface area (Å²) in [5, 5.41) is 3.54. The van der Waals surface area contributed by atoms with E-state index in [1.54, 1.807) is 54.6 Å². The van der Waals surface area contributed by atoms with Gasteiger partial charge in [-0.05, 0) is 68.3 Å². The van der Waals surface area contributed by atoms with E-state index in [1.807, 2.05) is 51.1 Å². The molecule has 0 saturated carbocycles. The number of aryl methyl sites for hydroxylation is 1. The Balaban J connectivity index is 1.88. The van der Waals surface area contributed by atoms with Crippen molar-refractivity contribution in [2.24, 2.45) is 0 Å². The van der Waals surface area contributed by atoms with Gasteiger partial charge in [-0.15, -0.1) is 0 Å². The molecule has 0 bridgehead atoms. The third-order valence-electron chi connectivity index (χ3n) is 7.31. The third kappa shape index (κ3) is 8.40. The van der Waals surface area contributed by atoms with E-state index in [1.165, 1.54) is 24.1 Å². The number of nitrogens with one attached hydrogen (secondary N) is 1. The summed E-state index contributed by atoms with van der Waals surface area (Å²) in [7, 11) is -2.86. The lowest BCUT2D eigenvalue weighted by Crippen LogP contribution is -2.54. The van der Waals surface area contributed by atoms with Crippen molar-refractivity contribution in [3.05, 3.63) is 124 Å². The molecular formula is C35H37Cl2N3O5S. The molecule has 0 saturated heterocycles. The van der Waals surface area contributed by atoms with Crippen LogP contribution in [-0.2, 0) is 32.6 Å². The maximum atomic E-state index is 14.7. The number of rotatable bonds is 13. The van der Waals surface area contributed by atoms with Gasteiger partial charge < -0.3 is 15.0 Å². The highest BCUT2D eigenvalue weighted by Crippen LogP contribution is 2.34. The molecule has 0 spiro atoms. The molecule has 11 heteroatoms. The Morgan fingerprint density at radius 3 is 2.07 bits per heavy atom. The topological polar surface area (TPSA) is 96.0 Å². The zero-order valence-electron chi connectivity index (χ0n) is 26.1. The molecule has 1 atom stereocenters. The summed E-state index contributed by atoms with van der Waals surface area (Å²) in [5.74, 6) is -0.781. The molecule has 8 nitrogen and oxygen atoms in total. The standard InChI is InChI=1S/C35H37Cl2N3O5S/c1-24(2)38-35(42)32(21-26-12-7-5-8-13-26)39(22-28-29(36)16-11-17-30(28)37)34(41)23-40(31-20-25(3)18-19-33(31)45-4)46(43,44)27-14-9-6-10-15-27/h5-20,24,32H,21-23H2,1-4H3,(H,38,42)/t32-/m0/s1. The maximum absolute atomic E-state index is 14.7. The highest BCUT2D eigenvalue weighted by molar-refractivity contribution is 7.92. The molecule has 46 heavy (non-hydrogen) atoms. The van der Waals surface area contributed by atoms with Crippen LogP contribution in [-0.4, -0.2) is 50.9 Å². The minimum Gasteiger partial charge on any atom is -0.495 e. The molecule has 4 aromatic carbocycles. The average Bonchev–Trinajstić information content (AvgIpc) is 3.03. The van der Waals surface area contributed by atoms with Crippen molar-refractivity contribution in [2.45, 2.75) is 50.7 Å². The first-order valence-electron chi connectivity index (χ1n) is 14.7. The van der Waals surface area contributed by atoms with Gasteiger partial charge in [0.1, 0.15) is 18.3 Å². The Morgan fingerprint density at radius 1 is 0.870 bits per heavy atom. The number of hydrogen-bond acceptors (Lipinski definition) is 5. The molecule has 2 amide bonds. The number of halogens is 2. The number of carbonyl (C=O) groups is 2. The lowest BCUT2D eigenvalue weighted by Gasteiger charge is -2.34. The van der Waals surface area contributed by atoms with Gasteiger partial charge in [-0.1, -0.05) is 83.9 Å². The first-order chi connectivity index (χ1) is 21.9. The van der Waals surface area contributed by atoms with Gasteiger partial charge in [0.2, 0.25) is 11.8 Å². The normalized spacial score (nSPS) is 12.0. The number of nitrogens with zero attached hydrogens (tertiary/aromatic N) is 2. The second-order valence-electron chi connectivity index (χ2n) is 11.1. The van der Waals surface area contributed by atoms with E-state index in [2.05, 4.69) is 5.32 Å². The van der Waals surface area contributed by atoms with Crippen molar-refractivity contribution in [1.29, 1.82) is 0 Å². The van der Waals surface area contributed by atoms with Gasteiger partial charge in [0.05, 0.1) is 17.7 Å². The molecule has 0 heterocycles. The summed E-state index contributed by atoms with van der Waals surface area (Å²) < 4.78 is 35.1. The summed E-state index contributed by atoms with van der Waals surface area (Å²) in [6.07, 6.45) is 0.159. The quantitative estimate of drug-likeness (QED) is 0.170. The Hall–Kier alpha value is -4.05. The van der Waals surface area contributed by atoms with E-state index in [0.717, 1.165) is 15.4 Å². The fourth-order valence-electron chi connectivity index (χ4n) is 5.02. The lowest BCUT2D eigenvalue weighted by atomic mass is 10.0. The van der Waals surface area contributed by atoms with Crippen molar-refractivity contribution in [2.75, 3.05) is 18.0 Å². The predicted molar refractivity (Wildman–Crippen MR) is 183 cm³/mol.